The van der Waals surface area contributed by atoms with Crippen LogP contribution >= 0.6 is 0 Å². The van der Waals surface area contributed by atoms with Crippen molar-refractivity contribution in [3.63, 3.8) is 0 Å². The molecule has 0 aliphatic carbocycles. The molecule has 1 fully saturated rings. The molecule has 15 heavy (non-hydrogen) atoms. The Morgan fingerprint density at radius 1 is 1.33 bits per heavy atom. The van der Waals surface area contributed by atoms with Gasteiger partial charge in [-0.1, -0.05) is 35.5 Å². The second-order valence-corrected chi connectivity index (χ2v) is 3.11. The van der Waals surface area contributed by atoms with Gasteiger partial charge in [0, 0.05) is 0 Å². The van der Waals surface area contributed by atoms with E-state index in [9.17, 15) is 0 Å². The quantitative estimate of drug-likeness (QED) is 0.306. The molecule has 2 rings (SSSR count). The fraction of sp³-hybridized carbons (Fsp3) is 0.364. The van der Waals surface area contributed by atoms with Crippen molar-refractivity contribution in [1.29, 1.82) is 0 Å². The number of rotatable bonds is 6. The van der Waals surface area contributed by atoms with Crippen LogP contribution in [0.5, 0.6) is 0 Å². The number of ether oxygens (including phenoxy) is 2. The van der Waals surface area contributed by atoms with Crippen LogP contribution in [0.25, 0.3) is 0 Å². The third-order valence-electron chi connectivity index (χ3n) is 1.86. The fourth-order valence-corrected chi connectivity index (χ4v) is 1.04. The van der Waals surface area contributed by atoms with Crippen molar-refractivity contribution in [1.82, 2.24) is 0 Å². The lowest BCUT2D eigenvalue weighted by Gasteiger charge is -1.98. The molecule has 1 aliphatic rings. The molecular weight excluding hydrogens is 194 g/mol. The topological polar surface area (TPSA) is 43.4 Å². The van der Waals surface area contributed by atoms with Crippen LogP contribution in [0.1, 0.15) is 5.56 Å². The summed E-state index contributed by atoms with van der Waals surface area (Å²) in [6, 6.07) is 9.79. The van der Waals surface area contributed by atoms with E-state index in [1.807, 2.05) is 30.3 Å². The van der Waals surface area contributed by atoms with Gasteiger partial charge in [-0.2, -0.15) is 0 Å². The van der Waals surface area contributed by atoms with Crippen molar-refractivity contribution in [3.8, 4) is 0 Å². The zero-order valence-electron chi connectivity index (χ0n) is 8.33. The number of oxime groups is 1. The predicted molar refractivity (Wildman–Crippen MR) is 55.7 cm³/mol. The Hall–Kier alpha value is -1.39. The highest BCUT2D eigenvalue weighted by atomic mass is 16.8. The highest BCUT2D eigenvalue weighted by molar-refractivity contribution is 5.78. The summed E-state index contributed by atoms with van der Waals surface area (Å²) in [5.41, 5.74) is 1.02. The Labute approximate surface area is 88.4 Å². The normalized spacial score (nSPS) is 19.3. The molecule has 0 radical (unpaired) electrons. The molecule has 0 spiro atoms. The van der Waals surface area contributed by atoms with Crippen LogP contribution in [0.2, 0.25) is 0 Å². The number of hydrogen-bond acceptors (Lipinski definition) is 4. The maximum absolute atomic E-state index is 5.18. The molecule has 4 heteroatoms. The van der Waals surface area contributed by atoms with Gasteiger partial charge in [-0.25, -0.2) is 0 Å². The monoisotopic (exact) mass is 207 g/mol. The first-order valence-electron chi connectivity index (χ1n) is 4.89. The molecule has 1 saturated heterocycles. The molecule has 0 aromatic heterocycles. The van der Waals surface area contributed by atoms with E-state index >= 15 is 0 Å². The molecule has 4 nitrogen and oxygen atoms in total. The van der Waals surface area contributed by atoms with Crippen LogP contribution < -0.4 is 0 Å². The fourth-order valence-electron chi connectivity index (χ4n) is 1.04. The van der Waals surface area contributed by atoms with E-state index in [-0.39, 0.29) is 6.29 Å². The standard InChI is InChI=1S/C11H13NO3/c1-2-4-10(5-3-1)8-12-15-7-6-13-11-9-14-11/h1-5,8,11H,6-7,9H2/b12-8+. The second kappa shape index (κ2) is 5.48. The summed E-state index contributed by atoms with van der Waals surface area (Å²) in [5, 5.41) is 3.81. The summed E-state index contributed by atoms with van der Waals surface area (Å²) in [7, 11) is 0. The second-order valence-electron chi connectivity index (χ2n) is 3.11. The molecule has 1 unspecified atom stereocenters. The lowest BCUT2D eigenvalue weighted by Crippen LogP contribution is -2.03. The zero-order valence-corrected chi connectivity index (χ0v) is 8.33. The van der Waals surface area contributed by atoms with E-state index in [0.717, 1.165) is 5.56 Å². The average Bonchev–Trinajstić information content (AvgIpc) is 3.09. The van der Waals surface area contributed by atoms with Gasteiger partial charge in [-0.3, -0.25) is 0 Å². The Morgan fingerprint density at radius 2 is 2.13 bits per heavy atom. The maximum Gasteiger partial charge on any atom is 0.181 e. The van der Waals surface area contributed by atoms with Crippen molar-refractivity contribution in [2.75, 3.05) is 19.8 Å². The van der Waals surface area contributed by atoms with Gasteiger partial charge in [0.25, 0.3) is 0 Å². The molecule has 0 saturated carbocycles. The Kier molecular flexibility index (Phi) is 3.70. The molecule has 1 atom stereocenters. The van der Waals surface area contributed by atoms with Crippen molar-refractivity contribution < 1.29 is 14.3 Å². The molecule has 0 bridgehead atoms. The van der Waals surface area contributed by atoms with E-state index in [1.165, 1.54) is 0 Å². The Morgan fingerprint density at radius 3 is 2.87 bits per heavy atom. The van der Waals surface area contributed by atoms with Crippen LogP contribution in [-0.4, -0.2) is 32.3 Å². The third-order valence-corrected chi connectivity index (χ3v) is 1.86. The highest BCUT2D eigenvalue weighted by Gasteiger charge is 2.22. The molecule has 80 valence electrons. The van der Waals surface area contributed by atoms with E-state index in [1.54, 1.807) is 6.21 Å². The molecule has 0 amide bonds. The first-order valence-corrected chi connectivity index (χ1v) is 4.89. The first-order chi connectivity index (χ1) is 7.45. The van der Waals surface area contributed by atoms with Gasteiger partial charge in [0.15, 0.2) is 6.29 Å². The molecule has 1 heterocycles. The van der Waals surface area contributed by atoms with Crippen molar-refractivity contribution >= 4 is 6.21 Å². The lowest BCUT2D eigenvalue weighted by atomic mass is 10.2. The van der Waals surface area contributed by atoms with E-state index in [4.69, 9.17) is 14.3 Å². The van der Waals surface area contributed by atoms with E-state index in [0.29, 0.717) is 19.8 Å². The van der Waals surface area contributed by atoms with Gasteiger partial charge in [-0.15, -0.1) is 0 Å². The summed E-state index contributed by atoms with van der Waals surface area (Å²) in [4.78, 5) is 5.00. The van der Waals surface area contributed by atoms with Crippen molar-refractivity contribution in [3.05, 3.63) is 35.9 Å². The Bertz CT molecular complexity index is 309. The minimum Gasteiger partial charge on any atom is -0.393 e. The van der Waals surface area contributed by atoms with Crippen molar-refractivity contribution in [2.24, 2.45) is 5.16 Å². The summed E-state index contributed by atoms with van der Waals surface area (Å²) >= 11 is 0. The van der Waals surface area contributed by atoms with Crippen molar-refractivity contribution in [2.45, 2.75) is 6.29 Å². The van der Waals surface area contributed by atoms with Gasteiger partial charge in [0.2, 0.25) is 0 Å². The molecule has 1 aromatic rings. The SMILES string of the molecule is C(=N\OCCOC1CO1)/c1ccccc1. The predicted octanol–water partition coefficient (Wildman–Crippen LogP) is 1.41. The zero-order chi connectivity index (χ0) is 10.3. The molecular formula is C11H13NO3. The largest absolute Gasteiger partial charge is 0.393 e. The molecule has 1 aromatic carbocycles. The molecule has 1 aliphatic heterocycles. The number of hydrogen-bond donors (Lipinski definition) is 0. The summed E-state index contributed by atoms with van der Waals surface area (Å²) in [5.74, 6) is 0. The van der Waals surface area contributed by atoms with Crippen LogP contribution in [-0.2, 0) is 14.3 Å². The van der Waals surface area contributed by atoms with Crippen LogP contribution in [0.15, 0.2) is 35.5 Å². The van der Waals surface area contributed by atoms with Crippen LogP contribution in [0.3, 0.4) is 0 Å². The first kappa shape index (κ1) is 10.1. The van der Waals surface area contributed by atoms with Crippen LogP contribution in [0, 0.1) is 0 Å². The summed E-state index contributed by atoms with van der Waals surface area (Å²) in [6.45, 7) is 1.66. The van der Waals surface area contributed by atoms with Gasteiger partial charge < -0.3 is 14.3 Å². The smallest absolute Gasteiger partial charge is 0.181 e. The average molecular weight is 207 g/mol. The van der Waals surface area contributed by atoms with Gasteiger partial charge >= 0.3 is 0 Å². The minimum atomic E-state index is -0.00768. The Balaban J connectivity index is 1.58. The van der Waals surface area contributed by atoms with Crippen LogP contribution in [0.4, 0.5) is 0 Å². The molecule has 0 N–H and O–H groups in total. The minimum absolute atomic E-state index is 0.00768. The van der Waals surface area contributed by atoms with Gasteiger partial charge in [0.1, 0.15) is 13.2 Å². The number of benzene rings is 1. The van der Waals surface area contributed by atoms with Gasteiger partial charge in [-0.05, 0) is 5.56 Å². The maximum atomic E-state index is 5.18. The van der Waals surface area contributed by atoms with Gasteiger partial charge in [0.05, 0.1) is 12.8 Å². The summed E-state index contributed by atoms with van der Waals surface area (Å²) < 4.78 is 10.1. The lowest BCUT2D eigenvalue weighted by molar-refractivity contribution is 0.00660. The number of epoxide rings is 1. The van der Waals surface area contributed by atoms with E-state index < -0.39 is 0 Å². The summed E-state index contributed by atoms with van der Waals surface area (Å²) in [6.07, 6.45) is 1.67. The number of nitrogens with zero attached hydrogens (tertiary/aromatic N) is 1. The highest BCUT2D eigenvalue weighted by Crippen LogP contribution is 2.09. The third kappa shape index (κ3) is 4.10. The van der Waals surface area contributed by atoms with E-state index in [2.05, 4.69) is 5.16 Å².